The van der Waals surface area contributed by atoms with Gasteiger partial charge in [0.25, 0.3) is 0 Å². The number of rotatable bonds is 0. The van der Waals surface area contributed by atoms with Crippen LogP contribution in [-0.4, -0.2) is 32.3 Å². The van der Waals surface area contributed by atoms with E-state index in [2.05, 4.69) is 149 Å². The first-order valence-electron chi connectivity index (χ1n) is 11.3. The van der Waals surface area contributed by atoms with Crippen LogP contribution in [0.15, 0.2) is 24.3 Å². The predicted octanol–water partition coefficient (Wildman–Crippen LogP) is 5.51. The molecular weight excluding hydrogens is 449 g/mol. The van der Waals surface area contributed by atoms with Crippen molar-refractivity contribution in [2.24, 2.45) is 0 Å². The molecule has 0 radical (unpaired) electrons. The zero-order valence-corrected chi connectivity index (χ0v) is 26.3. The second kappa shape index (κ2) is 10.8. The second-order valence-corrected chi connectivity index (χ2v) is 31.3. The van der Waals surface area contributed by atoms with Gasteiger partial charge < -0.3 is 0 Å². The van der Waals surface area contributed by atoms with E-state index in [0.717, 1.165) is 21.6 Å². The quantitative estimate of drug-likeness (QED) is 0.333. The molecule has 1 rings (SSSR count). The van der Waals surface area contributed by atoms with E-state index in [1.54, 1.807) is 0 Å². The number of benzene rings is 1. The molecule has 0 saturated heterocycles. The predicted molar refractivity (Wildman–Crippen MR) is 157 cm³/mol. The summed E-state index contributed by atoms with van der Waals surface area (Å²) in [5, 5.41) is 2.17. The molecule has 0 heterocycles. The fraction of sp³-hybridized carbons (Fsp3) is 0.429. The zero-order valence-electron chi connectivity index (χ0n) is 22.3. The maximum Gasteiger partial charge on any atom is 0.129 e. The molecule has 168 valence electrons. The monoisotopic (exact) mass is 488 g/mol. The summed E-state index contributed by atoms with van der Waals surface area (Å²) in [6.45, 7) is 27.2. The molecule has 0 bridgehead atoms. The molecule has 0 aliphatic rings. The van der Waals surface area contributed by atoms with Gasteiger partial charge in [-0.2, -0.15) is 0 Å². The molecule has 1 aromatic rings. The maximum absolute atomic E-state index is 3.49. The van der Waals surface area contributed by atoms with Gasteiger partial charge in [0.2, 0.25) is 0 Å². The summed E-state index contributed by atoms with van der Waals surface area (Å²) in [5.74, 6) is 13.7. The van der Waals surface area contributed by atoms with Crippen molar-refractivity contribution < 1.29 is 0 Å². The molecule has 4 heteroatoms. The summed E-state index contributed by atoms with van der Waals surface area (Å²) in [6, 6.07) is 8.54. The van der Waals surface area contributed by atoms with Crippen LogP contribution in [0.2, 0.25) is 78.6 Å². The minimum atomic E-state index is -1.49. The Labute approximate surface area is 202 Å². The first kappa shape index (κ1) is 28.1. The Kier molecular flexibility index (Phi) is 9.48. The van der Waals surface area contributed by atoms with Gasteiger partial charge in [-0.1, -0.05) is 127 Å². The molecule has 0 amide bonds. The molecule has 0 nitrogen and oxygen atoms in total. The third-order valence-corrected chi connectivity index (χ3v) is 7.21. The lowest BCUT2D eigenvalue weighted by atomic mass is 10.1. The van der Waals surface area contributed by atoms with Crippen LogP contribution in [0, 0.1) is 45.9 Å². The fourth-order valence-corrected chi connectivity index (χ4v) is 4.15. The molecule has 0 aliphatic carbocycles. The third-order valence-electron chi connectivity index (χ3n) is 3.71. The zero-order chi connectivity index (χ0) is 24.8. The summed E-state index contributed by atoms with van der Waals surface area (Å²) >= 11 is 0. The molecule has 0 N–H and O–H groups in total. The highest BCUT2D eigenvalue weighted by atomic mass is 28.3. The van der Waals surface area contributed by atoms with E-state index in [9.17, 15) is 0 Å². The van der Waals surface area contributed by atoms with E-state index in [-0.39, 0.29) is 0 Å². The van der Waals surface area contributed by atoms with Gasteiger partial charge in [0.15, 0.2) is 0 Å². The fourth-order valence-electron chi connectivity index (χ4n) is 2.15. The summed E-state index contributed by atoms with van der Waals surface area (Å²) in [5.41, 5.74) is 15.8. The molecule has 0 saturated carbocycles. The van der Waals surface area contributed by atoms with Crippen molar-refractivity contribution in [1.82, 2.24) is 0 Å². The molecule has 32 heavy (non-hydrogen) atoms. The highest BCUT2D eigenvalue weighted by molar-refractivity contribution is 6.85. The molecular formula is C28H40Si4. The summed E-state index contributed by atoms with van der Waals surface area (Å²) in [7, 11) is -5.94. The van der Waals surface area contributed by atoms with Gasteiger partial charge in [-0.25, -0.2) is 0 Å². The highest BCUT2D eigenvalue weighted by Crippen LogP contribution is 2.03. The minimum absolute atomic E-state index is 0.935. The standard InChI is InChI=1S/C28H40Si4/c1-29(2,3)21-17-27(18-22-30(4,5)6)25-13-15-26(16-14-25)28(19-23-31(7,8)9)20-24-32(10,11)12/h13-16H,1-12H3. The normalized spacial score (nSPS) is 11.4. The average Bonchev–Trinajstić information content (AvgIpc) is 2.58. The van der Waals surface area contributed by atoms with Crippen LogP contribution >= 0.6 is 0 Å². The van der Waals surface area contributed by atoms with Crippen LogP contribution in [-0.2, 0) is 0 Å². The van der Waals surface area contributed by atoms with Crippen molar-refractivity contribution in [2.75, 3.05) is 0 Å². The maximum atomic E-state index is 3.49. The lowest BCUT2D eigenvalue weighted by Gasteiger charge is -2.05. The Morgan fingerprint density at radius 2 is 0.594 bits per heavy atom. The smallest absolute Gasteiger partial charge is 0.126 e. The summed E-state index contributed by atoms with van der Waals surface area (Å²) < 4.78 is 0. The largest absolute Gasteiger partial charge is 0.129 e. The molecule has 0 aliphatic heterocycles. The van der Waals surface area contributed by atoms with E-state index in [4.69, 9.17) is 0 Å². The molecule has 0 aromatic heterocycles. The van der Waals surface area contributed by atoms with Crippen LogP contribution in [0.25, 0.3) is 11.1 Å². The molecule has 0 unspecified atom stereocenters. The third kappa shape index (κ3) is 12.8. The van der Waals surface area contributed by atoms with Crippen LogP contribution in [0.5, 0.6) is 0 Å². The molecule has 0 fully saturated rings. The van der Waals surface area contributed by atoms with Gasteiger partial charge in [-0.05, 0) is 10.4 Å². The Balaban J connectivity index is 3.83. The van der Waals surface area contributed by atoms with Gasteiger partial charge >= 0.3 is 0 Å². The van der Waals surface area contributed by atoms with Crippen molar-refractivity contribution in [1.29, 1.82) is 0 Å². The average molecular weight is 489 g/mol. The SMILES string of the molecule is C[Si](C)(C)C#CC(C#C[Si](C)(C)C)=c1ccc(=C(C#C[Si](C)(C)C)C#C[Si](C)(C)C)cc1. The van der Waals surface area contributed by atoms with Crippen molar-refractivity contribution in [2.45, 2.75) is 78.6 Å². The minimum Gasteiger partial charge on any atom is -0.126 e. The first-order valence-corrected chi connectivity index (χ1v) is 25.3. The molecule has 0 spiro atoms. The van der Waals surface area contributed by atoms with Crippen LogP contribution < -0.4 is 10.4 Å². The van der Waals surface area contributed by atoms with Crippen LogP contribution in [0.1, 0.15) is 0 Å². The summed E-state index contributed by atoms with van der Waals surface area (Å²) in [6.07, 6.45) is 0. The molecule has 0 atom stereocenters. The van der Waals surface area contributed by atoms with Crippen molar-refractivity contribution >= 4 is 43.4 Å². The van der Waals surface area contributed by atoms with Crippen LogP contribution in [0.4, 0.5) is 0 Å². The van der Waals surface area contributed by atoms with E-state index >= 15 is 0 Å². The van der Waals surface area contributed by atoms with E-state index < -0.39 is 32.3 Å². The Morgan fingerprint density at radius 1 is 0.406 bits per heavy atom. The second-order valence-electron chi connectivity index (χ2n) is 12.3. The van der Waals surface area contributed by atoms with E-state index in [1.165, 1.54) is 0 Å². The van der Waals surface area contributed by atoms with Crippen molar-refractivity contribution in [3.63, 3.8) is 0 Å². The summed E-state index contributed by atoms with van der Waals surface area (Å²) in [4.78, 5) is 0. The Morgan fingerprint density at radius 3 is 0.750 bits per heavy atom. The Bertz CT molecular complexity index is 1020. The molecule has 1 aromatic carbocycles. The van der Waals surface area contributed by atoms with Crippen molar-refractivity contribution in [3.05, 3.63) is 34.7 Å². The highest BCUT2D eigenvalue weighted by Gasteiger charge is 2.11. The van der Waals surface area contributed by atoms with E-state index in [0.29, 0.717) is 0 Å². The Hall–Kier alpha value is -1.93. The van der Waals surface area contributed by atoms with Gasteiger partial charge in [0.1, 0.15) is 32.3 Å². The van der Waals surface area contributed by atoms with Crippen LogP contribution in [0.3, 0.4) is 0 Å². The van der Waals surface area contributed by atoms with E-state index in [1.807, 2.05) is 0 Å². The number of hydrogen-bond donors (Lipinski definition) is 0. The first-order chi connectivity index (χ1) is 14.3. The lowest BCUT2D eigenvalue weighted by molar-refractivity contribution is 1.53. The van der Waals surface area contributed by atoms with Gasteiger partial charge in [0, 0.05) is 0 Å². The topological polar surface area (TPSA) is 0 Å². The van der Waals surface area contributed by atoms with Gasteiger partial charge in [-0.3, -0.25) is 0 Å². The van der Waals surface area contributed by atoms with Gasteiger partial charge in [0.05, 0.1) is 11.1 Å². The van der Waals surface area contributed by atoms with Crippen molar-refractivity contribution in [3.8, 4) is 45.9 Å². The lowest BCUT2D eigenvalue weighted by Crippen LogP contribution is -2.19. The van der Waals surface area contributed by atoms with Gasteiger partial charge in [-0.15, -0.1) is 22.2 Å². The number of hydrogen-bond acceptors (Lipinski definition) is 0.